The molecule has 1 aromatic carbocycles. The zero-order valence-electron chi connectivity index (χ0n) is 7.82. The highest BCUT2D eigenvalue weighted by molar-refractivity contribution is 6.30. The average Bonchev–Trinajstić information content (AvgIpc) is 2.21. The lowest BCUT2D eigenvalue weighted by molar-refractivity contribution is 0.0246. The number of nitrogens with two attached hydrogens (primary N) is 2. The first-order chi connectivity index (χ1) is 6.97. The van der Waals surface area contributed by atoms with Gasteiger partial charge in [0.2, 0.25) is 0 Å². The Bertz CT molecular complexity index is 362. The van der Waals surface area contributed by atoms with E-state index in [1.807, 2.05) is 0 Å². The summed E-state index contributed by atoms with van der Waals surface area (Å²) in [5, 5.41) is 19.0. The Balaban J connectivity index is 3.13. The molecule has 0 heterocycles. The molecule has 0 amide bonds. The Morgan fingerprint density at radius 1 is 1.40 bits per heavy atom. The first-order valence-corrected chi connectivity index (χ1v) is 4.65. The molecule has 0 radical (unpaired) electrons. The number of aliphatic hydroxyl groups excluding tert-OH is 2. The minimum atomic E-state index is -1.34. The highest BCUT2D eigenvalue weighted by Gasteiger charge is 2.21. The molecule has 4 nitrogen and oxygen atoms in total. The normalized spacial score (nSPS) is 15.0. The second-order valence-corrected chi connectivity index (χ2v) is 3.57. The van der Waals surface area contributed by atoms with Crippen LogP contribution < -0.4 is 11.5 Å². The molecule has 84 valence electrons. The Morgan fingerprint density at radius 3 is 2.53 bits per heavy atom. The number of halogens is 2. The third-order valence-electron chi connectivity index (χ3n) is 2.05. The summed E-state index contributed by atoms with van der Waals surface area (Å²) in [5.74, 6) is -0.735. The average molecular weight is 235 g/mol. The van der Waals surface area contributed by atoms with Gasteiger partial charge < -0.3 is 21.7 Å². The molecule has 0 spiro atoms. The van der Waals surface area contributed by atoms with Crippen molar-refractivity contribution in [3.05, 3.63) is 28.5 Å². The van der Waals surface area contributed by atoms with Crippen molar-refractivity contribution < 1.29 is 14.6 Å². The molecule has 0 saturated heterocycles. The molecular formula is C9H12ClFN2O2. The molecule has 15 heavy (non-hydrogen) atoms. The van der Waals surface area contributed by atoms with Gasteiger partial charge in [-0.2, -0.15) is 0 Å². The van der Waals surface area contributed by atoms with E-state index in [4.69, 9.17) is 23.1 Å². The van der Waals surface area contributed by atoms with Gasteiger partial charge in [-0.3, -0.25) is 0 Å². The molecule has 0 saturated carbocycles. The number of anilines is 1. The van der Waals surface area contributed by atoms with Crippen LogP contribution in [0.1, 0.15) is 11.7 Å². The number of benzene rings is 1. The molecule has 0 aliphatic rings. The molecule has 2 unspecified atom stereocenters. The smallest absolute Gasteiger partial charge is 0.147 e. The summed E-state index contributed by atoms with van der Waals surface area (Å²) in [6.45, 7) is -0.158. The van der Waals surface area contributed by atoms with Crippen molar-refractivity contribution in [2.45, 2.75) is 12.2 Å². The lowest BCUT2D eigenvalue weighted by atomic mass is 10.0. The van der Waals surface area contributed by atoms with Crippen LogP contribution in [0.15, 0.2) is 12.1 Å². The second kappa shape index (κ2) is 4.76. The Morgan fingerprint density at radius 2 is 2.00 bits per heavy atom. The first-order valence-electron chi connectivity index (χ1n) is 4.28. The van der Waals surface area contributed by atoms with E-state index in [1.165, 1.54) is 6.07 Å². The van der Waals surface area contributed by atoms with Crippen LogP contribution in [0.25, 0.3) is 0 Å². The molecule has 6 N–H and O–H groups in total. The van der Waals surface area contributed by atoms with Crippen LogP contribution in [-0.2, 0) is 0 Å². The molecule has 0 fully saturated rings. The van der Waals surface area contributed by atoms with Gasteiger partial charge in [0.15, 0.2) is 0 Å². The lowest BCUT2D eigenvalue weighted by Crippen LogP contribution is -2.27. The van der Waals surface area contributed by atoms with Crippen LogP contribution in [0.3, 0.4) is 0 Å². The topological polar surface area (TPSA) is 92.5 Å². The van der Waals surface area contributed by atoms with Crippen molar-refractivity contribution in [2.24, 2.45) is 5.73 Å². The van der Waals surface area contributed by atoms with E-state index in [-0.39, 0.29) is 22.8 Å². The van der Waals surface area contributed by atoms with E-state index in [2.05, 4.69) is 0 Å². The maximum atomic E-state index is 13.1. The van der Waals surface area contributed by atoms with E-state index in [0.29, 0.717) is 0 Å². The maximum absolute atomic E-state index is 13.1. The molecule has 0 aliphatic carbocycles. The monoisotopic (exact) mass is 234 g/mol. The van der Waals surface area contributed by atoms with Crippen molar-refractivity contribution in [1.29, 1.82) is 0 Å². The summed E-state index contributed by atoms with van der Waals surface area (Å²) in [6, 6.07) is 2.32. The van der Waals surface area contributed by atoms with Gasteiger partial charge in [-0.05, 0) is 12.1 Å². The number of hydrogen-bond acceptors (Lipinski definition) is 4. The third-order valence-corrected chi connectivity index (χ3v) is 2.27. The molecule has 2 atom stereocenters. The van der Waals surface area contributed by atoms with Crippen LogP contribution in [0.2, 0.25) is 5.02 Å². The molecule has 1 rings (SSSR count). The summed E-state index contributed by atoms with van der Waals surface area (Å²) in [7, 11) is 0. The molecule has 0 aliphatic heterocycles. The van der Waals surface area contributed by atoms with Crippen LogP contribution in [0, 0.1) is 5.82 Å². The first kappa shape index (κ1) is 12.2. The molecule has 1 aromatic rings. The highest BCUT2D eigenvalue weighted by Crippen LogP contribution is 2.28. The molecular weight excluding hydrogens is 223 g/mol. The van der Waals surface area contributed by atoms with Gasteiger partial charge in [-0.1, -0.05) is 11.6 Å². The predicted molar refractivity (Wildman–Crippen MR) is 55.8 cm³/mol. The Labute approximate surface area is 91.3 Å². The van der Waals surface area contributed by atoms with Crippen LogP contribution in [-0.4, -0.2) is 22.9 Å². The fourth-order valence-electron chi connectivity index (χ4n) is 1.19. The van der Waals surface area contributed by atoms with Crippen LogP contribution >= 0.6 is 11.6 Å². The number of aliphatic hydroxyl groups is 2. The van der Waals surface area contributed by atoms with Gasteiger partial charge in [0, 0.05) is 17.1 Å². The summed E-state index contributed by atoms with van der Waals surface area (Å²) in [5.41, 5.74) is 10.4. The number of hydrogen-bond donors (Lipinski definition) is 4. The standard InChI is InChI=1S/C9H12ClFN2O2/c10-4-1-5(8(13)6(11)2-4)9(15)7(14)3-12/h1-2,7,9,14-15H,3,12-13H2. The van der Waals surface area contributed by atoms with E-state index in [9.17, 15) is 14.6 Å². The Hall–Kier alpha value is -0.880. The van der Waals surface area contributed by atoms with E-state index >= 15 is 0 Å². The van der Waals surface area contributed by atoms with E-state index < -0.39 is 18.0 Å². The zero-order chi connectivity index (χ0) is 11.6. The number of nitrogen functional groups attached to an aromatic ring is 1. The SMILES string of the molecule is NCC(O)C(O)c1cc(Cl)cc(F)c1N. The second-order valence-electron chi connectivity index (χ2n) is 3.14. The van der Waals surface area contributed by atoms with Gasteiger partial charge in [0.05, 0.1) is 11.8 Å². The minimum Gasteiger partial charge on any atom is -0.396 e. The Kier molecular flexibility index (Phi) is 3.87. The zero-order valence-corrected chi connectivity index (χ0v) is 8.58. The van der Waals surface area contributed by atoms with Crippen LogP contribution in [0.4, 0.5) is 10.1 Å². The number of rotatable bonds is 3. The summed E-state index contributed by atoms with van der Waals surface area (Å²) in [4.78, 5) is 0. The summed E-state index contributed by atoms with van der Waals surface area (Å²) >= 11 is 5.59. The van der Waals surface area contributed by atoms with Crippen molar-refractivity contribution in [2.75, 3.05) is 12.3 Å². The van der Waals surface area contributed by atoms with Gasteiger partial charge in [0.25, 0.3) is 0 Å². The lowest BCUT2D eigenvalue weighted by Gasteiger charge is -2.18. The van der Waals surface area contributed by atoms with E-state index in [0.717, 1.165) is 6.07 Å². The van der Waals surface area contributed by atoms with Crippen molar-refractivity contribution in [1.82, 2.24) is 0 Å². The van der Waals surface area contributed by atoms with Gasteiger partial charge in [-0.15, -0.1) is 0 Å². The fourth-order valence-corrected chi connectivity index (χ4v) is 1.40. The highest BCUT2D eigenvalue weighted by atomic mass is 35.5. The third kappa shape index (κ3) is 2.57. The fraction of sp³-hybridized carbons (Fsp3) is 0.333. The van der Waals surface area contributed by atoms with Gasteiger partial charge >= 0.3 is 0 Å². The van der Waals surface area contributed by atoms with Crippen molar-refractivity contribution in [3.63, 3.8) is 0 Å². The molecule has 6 heteroatoms. The van der Waals surface area contributed by atoms with Gasteiger partial charge in [0.1, 0.15) is 11.9 Å². The molecule has 0 aromatic heterocycles. The van der Waals surface area contributed by atoms with E-state index in [1.54, 1.807) is 0 Å². The maximum Gasteiger partial charge on any atom is 0.147 e. The molecule has 0 bridgehead atoms. The summed E-state index contributed by atoms with van der Waals surface area (Å²) in [6.07, 6.45) is -2.55. The van der Waals surface area contributed by atoms with Crippen molar-refractivity contribution in [3.8, 4) is 0 Å². The largest absolute Gasteiger partial charge is 0.396 e. The summed E-state index contributed by atoms with van der Waals surface area (Å²) < 4.78 is 13.1. The quantitative estimate of drug-likeness (QED) is 0.570. The van der Waals surface area contributed by atoms with Crippen molar-refractivity contribution >= 4 is 17.3 Å². The predicted octanol–water partition coefficient (Wildman–Crippen LogP) is 0.414. The minimum absolute atomic E-state index is 0.0398. The van der Waals surface area contributed by atoms with Gasteiger partial charge in [-0.25, -0.2) is 4.39 Å². The van der Waals surface area contributed by atoms with Crippen LogP contribution in [0.5, 0.6) is 0 Å².